The first kappa shape index (κ1) is 51.2. The molecule has 1 aromatic heterocycles. The van der Waals surface area contributed by atoms with Gasteiger partial charge in [-0.1, -0.05) is 62.3 Å². The Balaban J connectivity index is 1.69. The minimum Gasteiger partial charge on any atom is -0.374 e. The molecule has 16 nitrogen and oxygen atoms in total. The highest BCUT2D eigenvalue weighted by Crippen LogP contribution is 2.50. The quantitative estimate of drug-likeness (QED) is 0.0691. The summed E-state index contributed by atoms with van der Waals surface area (Å²) in [6.45, 7) is 26.4. The van der Waals surface area contributed by atoms with E-state index in [1.807, 2.05) is 41.5 Å². The van der Waals surface area contributed by atoms with Gasteiger partial charge in [-0.3, -0.25) is 0 Å². The Labute approximate surface area is 369 Å². The number of aromatic nitrogens is 3. The van der Waals surface area contributed by atoms with Gasteiger partial charge in [0.1, 0.15) is 0 Å². The number of nitrogens with one attached hydrogen (secondary N) is 2. The predicted octanol–water partition coefficient (Wildman–Crippen LogP) is 6.34. The van der Waals surface area contributed by atoms with Crippen LogP contribution in [0.5, 0.6) is 0 Å². The lowest BCUT2D eigenvalue weighted by Crippen LogP contribution is -2.59. The topological polar surface area (TPSA) is 194 Å². The molecule has 1 aromatic rings. The van der Waals surface area contributed by atoms with Crippen LogP contribution in [0.1, 0.15) is 147 Å². The van der Waals surface area contributed by atoms with Gasteiger partial charge in [0.25, 0.3) is 0 Å². The van der Waals surface area contributed by atoms with Crippen LogP contribution in [0.2, 0.25) is 6.04 Å². The van der Waals surface area contributed by atoms with Crippen LogP contribution in [-0.4, -0.2) is 85.2 Å². The van der Waals surface area contributed by atoms with Gasteiger partial charge in [-0.15, -0.1) is 0 Å². The van der Waals surface area contributed by atoms with E-state index in [2.05, 4.69) is 62.2 Å². The molecule has 350 valence electrons. The van der Waals surface area contributed by atoms with E-state index in [1.165, 1.54) is 13.7 Å². The highest BCUT2D eigenvalue weighted by Gasteiger charge is 2.47. The van der Waals surface area contributed by atoms with Crippen LogP contribution in [-0.2, 0) is 42.5 Å². The standard InChI is InChI=1S/C45H77N7O9Si/c1-13-59-62(60-14-2,61-15-3)18-16-17-46-36(55)49-35-21-42(8,9)27-45(12,24-35)30-52-38(57)50(28-43(10)22-33(47-31-53)19-40(4,5)25-43)37(56)51(39(52)58)29-44(11)23-34(48-32-54)20-41(6,7)26-44/h33-35H,13-30H2,1-12H3,(H2,46,49,55). The Morgan fingerprint density at radius 2 is 1.00 bits per heavy atom. The van der Waals surface area contributed by atoms with Gasteiger partial charge in [0, 0.05) is 58.1 Å². The van der Waals surface area contributed by atoms with Crippen molar-refractivity contribution in [1.82, 2.24) is 24.3 Å². The molecule has 6 atom stereocenters. The smallest absolute Gasteiger partial charge is 0.374 e. The summed E-state index contributed by atoms with van der Waals surface area (Å²) in [7, 11) is -2.85. The van der Waals surface area contributed by atoms with Crippen molar-refractivity contribution in [2.75, 3.05) is 26.4 Å². The van der Waals surface area contributed by atoms with E-state index < -0.39 is 42.1 Å². The molecule has 0 bridgehead atoms. The maximum atomic E-state index is 14.8. The van der Waals surface area contributed by atoms with Gasteiger partial charge >= 0.3 is 31.9 Å². The first-order valence-corrected chi connectivity index (χ1v) is 24.8. The van der Waals surface area contributed by atoms with Crippen molar-refractivity contribution in [3.8, 4) is 0 Å². The zero-order valence-electron chi connectivity index (χ0n) is 39.9. The molecule has 3 saturated carbocycles. The fraction of sp³-hybridized carbons (Fsp3) is 0.867. The van der Waals surface area contributed by atoms with Crippen molar-refractivity contribution >= 4 is 27.0 Å². The summed E-state index contributed by atoms with van der Waals surface area (Å²) >= 11 is 0. The lowest BCUT2D eigenvalue weighted by atomic mass is 9.62. The molecule has 0 spiro atoms. The maximum Gasteiger partial charge on any atom is 0.500 e. The number of amides is 2. The Morgan fingerprint density at radius 3 is 1.37 bits per heavy atom. The van der Waals surface area contributed by atoms with Crippen molar-refractivity contribution in [1.29, 1.82) is 0 Å². The largest absolute Gasteiger partial charge is 0.500 e. The van der Waals surface area contributed by atoms with Crippen LogP contribution in [0.25, 0.3) is 0 Å². The molecule has 2 N–H and O–H groups in total. The van der Waals surface area contributed by atoms with Crippen LogP contribution in [0.3, 0.4) is 0 Å². The number of carbonyl (C=O) groups excluding carboxylic acids is 3. The molecule has 0 aliphatic heterocycles. The molecular formula is C45H77N7O9Si. The molecule has 1 heterocycles. The van der Waals surface area contributed by atoms with Crippen LogP contribution < -0.4 is 27.7 Å². The summed E-state index contributed by atoms with van der Waals surface area (Å²) in [6.07, 6.45) is 9.55. The molecule has 6 unspecified atom stereocenters. The van der Waals surface area contributed by atoms with Gasteiger partial charge in [-0.2, -0.15) is 0 Å². The number of carbonyl (C=O) groups is 1. The molecule has 17 heteroatoms. The third-order valence-electron chi connectivity index (χ3n) is 13.1. The number of hydrogen-bond acceptors (Lipinski definition) is 11. The van der Waals surface area contributed by atoms with Gasteiger partial charge in [0.15, 0.2) is 0 Å². The molecule has 3 aliphatic rings. The number of rotatable bonds is 19. The lowest BCUT2D eigenvalue weighted by molar-refractivity contribution is 0.0484. The summed E-state index contributed by atoms with van der Waals surface area (Å²) in [5.41, 5.74) is -4.58. The number of isocyanates is 2. The normalized spacial score (nSPS) is 29.2. The summed E-state index contributed by atoms with van der Waals surface area (Å²) in [5, 5.41) is 6.17. The average molecular weight is 888 g/mol. The lowest BCUT2D eigenvalue weighted by Gasteiger charge is -2.47. The van der Waals surface area contributed by atoms with E-state index in [1.54, 1.807) is 12.2 Å². The first-order chi connectivity index (χ1) is 28.8. The SMILES string of the molecule is CCO[Si](CCCNC(=O)NC1CC(C)(C)CC(C)(Cn2c(=O)n(CC3(C)CC(N=C=O)CC(C)(C)C3)c(=O)n(CC3(C)CC(N=C=O)CC(C)(C)C3)c2=O)C1)(OCC)OCC. The molecular weight excluding hydrogens is 811 g/mol. The maximum absolute atomic E-state index is 14.8. The molecule has 3 fully saturated rings. The summed E-state index contributed by atoms with van der Waals surface area (Å²) in [6, 6.07) is -0.621. The summed E-state index contributed by atoms with van der Waals surface area (Å²) in [5.74, 6) is 0. The zero-order chi connectivity index (χ0) is 46.4. The molecule has 0 radical (unpaired) electrons. The summed E-state index contributed by atoms with van der Waals surface area (Å²) < 4.78 is 21.6. The van der Waals surface area contributed by atoms with Gasteiger partial charge in [-0.05, 0) is 117 Å². The highest BCUT2D eigenvalue weighted by atomic mass is 28.4. The summed E-state index contributed by atoms with van der Waals surface area (Å²) in [4.78, 5) is 88.7. The van der Waals surface area contributed by atoms with Crippen LogP contribution in [0.15, 0.2) is 24.4 Å². The molecule has 0 aromatic carbocycles. The van der Waals surface area contributed by atoms with Crippen LogP contribution in [0.4, 0.5) is 4.79 Å². The second-order valence-corrected chi connectivity index (χ2v) is 24.9. The van der Waals surface area contributed by atoms with E-state index in [0.717, 1.165) is 0 Å². The van der Waals surface area contributed by atoms with Crippen molar-refractivity contribution < 1.29 is 27.7 Å². The minimum atomic E-state index is -2.85. The Hall–Kier alpha value is -3.46. The molecule has 4 rings (SSSR count). The highest BCUT2D eigenvalue weighted by molar-refractivity contribution is 6.60. The Kier molecular flexibility index (Phi) is 16.6. The third kappa shape index (κ3) is 13.5. The number of hydrogen-bond donors (Lipinski definition) is 2. The van der Waals surface area contributed by atoms with E-state index in [-0.39, 0.29) is 60.0 Å². The monoisotopic (exact) mass is 888 g/mol. The fourth-order valence-electron chi connectivity index (χ4n) is 12.6. The van der Waals surface area contributed by atoms with Crippen molar-refractivity contribution in [2.24, 2.45) is 42.5 Å². The average Bonchev–Trinajstić information content (AvgIpc) is 3.10. The first-order valence-electron chi connectivity index (χ1n) is 22.8. The molecule has 62 heavy (non-hydrogen) atoms. The van der Waals surface area contributed by atoms with Crippen LogP contribution >= 0.6 is 0 Å². The Morgan fingerprint density at radius 1 is 0.629 bits per heavy atom. The second-order valence-electron chi connectivity index (χ2n) is 22.2. The van der Waals surface area contributed by atoms with Crippen molar-refractivity contribution in [3.05, 3.63) is 31.5 Å². The number of nitrogens with zero attached hydrogens (tertiary/aromatic N) is 5. The molecule has 0 saturated heterocycles. The molecule has 2 amide bonds. The number of urea groups is 1. The number of aliphatic imine (C=N–C) groups is 2. The van der Waals surface area contributed by atoms with E-state index in [9.17, 15) is 28.8 Å². The van der Waals surface area contributed by atoms with Gasteiger partial charge in [0.05, 0.1) is 12.1 Å². The third-order valence-corrected chi connectivity index (χ3v) is 16.3. The van der Waals surface area contributed by atoms with E-state index in [0.29, 0.717) is 96.6 Å². The predicted molar refractivity (Wildman–Crippen MR) is 241 cm³/mol. The van der Waals surface area contributed by atoms with Gasteiger partial charge < -0.3 is 23.9 Å². The van der Waals surface area contributed by atoms with Gasteiger partial charge in [0.2, 0.25) is 12.2 Å². The van der Waals surface area contributed by atoms with Crippen LogP contribution in [0, 0.1) is 32.5 Å². The molecule has 3 aliphatic carbocycles. The van der Waals surface area contributed by atoms with Crippen molar-refractivity contribution in [2.45, 2.75) is 191 Å². The van der Waals surface area contributed by atoms with Gasteiger partial charge in [-0.25, -0.2) is 52.5 Å². The van der Waals surface area contributed by atoms with E-state index >= 15 is 0 Å². The Bertz CT molecular complexity index is 1900. The second kappa shape index (κ2) is 20.1. The minimum absolute atomic E-state index is 0.0354. The zero-order valence-corrected chi connectivity index (χ0v) is 40.9. The van der Waals surface area contributed by atoms with Crippen molar-refractivity contribution in [3.63, 3.8) is 0 Å². The van der Waals surface area contributed by atoms with E-state index in [4.69, 9.17) is 13.3 Å². The fourth-order valence-corrected chi connectivity index (χ4v) is 15.2.